The number of thiazole rings is 1. The third kappa shape index (κ3) is 3.53. The molecule has 1 amide bonds. The zero-order valence-electron chi connectivity index (χ0n) is 17.0. The molecule has 29 heavy (non-hydrogen) atoms. The summed E-state index contributed by atoms with van der Waals surface area (Å²) in [6.45, 7) is 4.08. The van der Waals surface area contributed by atoms with Crippen molar-refractivity contribution in [3.63, 3.8) is 0 Å². The van der Waals surface area contributed by atoms with Crippen molar-refractivity contribution in [3.8, 4) is 0 Å². The fraction of sp³-hybridized carbons (Fsp3) is 0.636. The van der Waals surface area contributed by atoms with Gasteiger partial charge in [0.05, 0.1) is 10.2 Å². The van der Waals surface area contributed by atoms with E-state index in [0.717, 1.165) is 46.8 Å². The average molecular weight is 415 g/mol. The van der Waals surface area contributed by atoms with Gasteiger partial charge in [0.15, 0.2) is 5.13 Å². The maximum absolute atomic E-state index is 12.9. The first-order chi connectivity index (χ1) is 14.1. The molecular weight excluding hydrogens is 384 g/mol. The minimum absolute atomic E-state index is 0.00221. The van der Waals surface area contributed by atoms with Crippen LogP contribution in [0.4, 0.5) is 5.13 Å². The Morgan fingerprint density at radius 2 is 2.00 bits per heavy atom. The number of nitrogens with zero attached hydrogens (tertiary/aromatic N) is 2. The van der Waals surface area contributed by atoms with Crippen LogP contribution in [0.2, 0.25) is 0 Å². The number of fused-ring (bicyclic) bond motifs is 3. The van der Waals surface area contributed by atoms with Gasteiger partial charge in [-0.2, -0.15) is 0 Å². The standard InChI is InChI=1S/C22H30N4O2S/c1-13(12-27)18-8-14(21(28)24-15-4-2-3-5-15)9-19-20(18)25-22(29-19)26-16-6-7-17(26)11-23-10-16/h8-9,13,15-17,23,27H,2-7,10-12H2,1H3,(H,24,28). The van der Waals surface area contributed by atoms with Gasteiger partial charge in [0, 0.05) is 49.3 Å². The van der Waals surface area contributed by atoms with Gasteiger partial charge in [-0.15, -0.1) is 0 Å². The number of rotatable bonds is 5. The van der Waals surface area contributed by atoms with Gasteiger partial charge in [-0.05, 0) is 43.4 Å². The Balaban J connectivity index is 1.52. The molecule has 1 aliphatic carbocycles. The molecule has 2 aliphatic heterocycles. The van der Waals surface area contributed by atoms with Crippen molar-refractivity contribution in [3.05, 3.63) is 23.3 Å². The van der Waals surface area contributed by atoms with E-state index in [1.165, 1.54) is 25.7 Å². The van der Waals surface area contributed by atoms with Gasteiger partial charge in [-0.1, -0.05) is 31.1 Å². The summed E-state index contributed by atoms with van der Waals surface area (Å²) in [6, 6.07) is 5.27. The van der Waals surface area contributed by atoms with Gasteiger partial charge in [0.1, 0.15) is 0 Å². The van der Waals surface area contributed by atoms with E-state index >= 15 is 0 Å². The van der Waals surface area contributed by atoms with Crippen LogP contribution >= 0.6 is 11.3 Å². The maximum atomic E-state index is 12.9. The number of aliphatic hydroxyl groups excluding tert-OH is 1. The molecule has 0 spiro atoms. The lowest BCUT2D eigenvalue weighted by molar-refractivity contribution is 0.0938. The molecular formula is C22H30N4O2S. The highest BCUT2D eigenvalue weighted by molar-refractivity contribution is 7.22. The normalized spacial score (nSPS) is 25.7. The number of anilines is 1. The molecule has 1 saturated carbocycles. The number of aliphatic hydroxyl groups is 1. The molecule has 3 aliphatic rings. The van der Waals surface area contributed by atoms with Crippen molar-refractivity contribution in [2.24, 2.45) is 0 Å². The first kappa shape index (κ1) is 19.3. The number of benzene rings is 1. The number of amides is 1. The van der Waals surface area contributed by atoms with Crippen LogP contribution in [-0.4, -0.2) is 53.8 Å². The zero-order chi connectivity index (χ0) is 20.0. The number of hydrogen-bond acceptors (Lipinski definition) is 6. The quantitative estimate of drug-likeness (QED) is 0.701. The highest BCUT2D eigenvalue weighted by Gasteiger charge is 2.38. The number of piperazine rings is 1. The summed E-state index contributed by atoms with van der Waals surface area (Å²) in [5.74, 6) is -0.0474. The molecule has 2 aromatic rings. The lowest BCUT2D eigenvalue weighted by Gasteiger charge is -2.35. The largest absolute Gasteiger partial charge is 0.396 e. The Morgan fingerprint density at radius 1 is 1.28 bits per heavy atom. The molecule has 3 atom stereocenters. The van der Waals surface area contributed by atoms with Crippen molar-refractivity contribution in [2.75, 3.05) is 24.6 Å². The smallest absolute Gasteiger partial charge is 0.251 e. The summed E-state index contributed by atoms with van der Waals surface area (Å²) < 4.78 is 1.05. The van der Waals surface area contributed by atoms with Gasteiger partial charge < -0.3 is 20.6 Å². The van der Waals surface area contributed by atoms with E-state index in [2.05, 4.69) is 15.5 Å². The van der Waals surface area contributed by atoms with Gasteiger partial charge in [-0.3, -0.25) is 4.79 Å². The Bertz CT molecular complexity index is 892. The van der Waals surface area contributed by atoms with Crippen molar-refractivity contribution in [2.45, 2.75) is 69.5 Å². The summed E-state index contributed by atoms with van der Waals surface area (Å²) in [4.78, 5) is 20.4. The van der Waals surface area contributed by atoms with Gasteiger partial charge in [0.25, 0.3) is 5.91 Å². The molecule has 2 bridgehead atoms. The number of carbonyl (C=O) groups excluding carboxylic acids is 1. The van der Waals surface area contributed by atoms with E-state index in [1.54, 1.807) is 11.3 Å². The van der Waals surface area contributed by atoms with E-state index in [0.29, 0.717) is 23.7 Å². The first-order valence-corrected chi connectivity index (χ1v) is 11.8. The summed E-state index contributed by atoms with van der Waals surface area (Å²) in [7, 11) is 0. The fourth-order valence-electron chi connectivity index (χ4n) is 5.19. The van der Waals surface area contributed by atoms with Gasteiger partial charge in [0.2, 0.25) is 0 Å². The van der Waals surface area contributed by atoms with Crippen LogP contribution in [0.3, 0.4) is 0 Å². The highest BCUT2D eigenvalue weighted by atomic mass is 32.1. The Hall–Kier alpha value is -1.70. The molecule has 3 unspecified atom stereocenters. The number of nitrogens with one attached hydrogen (secondary N) is 2. The second-order valence-corrected chi connectivity index (χ2v) is 9.91. The summed E-state index contributed by atoms with van der Waals surface area (Å²) in [5.41, 5.74) is 2.62. The molecule has 3 fully saturated rings. The van der Waals surface area contributed by atoms with E-state index in [4.69, 9.17) is 4.98 Å². The molecule has 6 nitrogen and oxygen atoms in total. The summed E-state index contributed by atoms with van der Waals surface area (Å²) in [6.07, 6.45) is 6.96. The maximum Gasteiger partial charge on any atom is 0.251 e. The Labute approximate surface area is 175 Å². The van der Waals surface area contributed by atoms with Crippen LogP contribution in [-0.2, 0) is 0 Å². The number of aromatic nitrogens is 1. The molecule has 0 radical (unpaired) electrons. The monoisotopic (exact) mass is 414 g/mol. The molecule has 2 saturated heterocycles. The lowest BCUT2D eigenvalue weighted by Crippen LogP contribution is -2.51. The Morgan fingerprint density at radius 3 is 2.69 bits per heavy atom. The average Bonchev–Trinajstić information content (AvgIpc) is 3.44. The molecule has 1 aromatic heterocycles. The van der Waals surface area contributed by atoms with Crippen LogP contribution in [0, 0.1) is 0 Å². The van der Waals surface area contributed by atoms with E-state index < -0.39 is 0 Å². The van der Waals surface area contributed by atoms with Gasteiger partial charge >= 0.3 is 0 Å². The van der Waals surface area contributed by atoms with Gasteiger partial charge in [-0.25, -0.2) is 4.98 Å². The summed E-state index contributed by atoms with van der Waals surface area (Å²) >= 11 is 1.69. The second-order valence-electron chi connectivity index (χ2n) is 8.90. The van der Waals surface area contributed by atoms with Crippen molar-refractivity contribution in [1.29, 1.82) is 0 Å². The second kappa shape index (κ2) is 7.85. The third-order valence-corrected chi connectivity index (χ3v) is 7.89. The Kier molecular flexibility index (Phi) is 5.22. The molecule has 7 heteroatoms. The van der Waals surface area contributed by atoms with E-state index in [1.807, 2.05) is 19.1 Å². The van der Waals surface area contributed by atoms with Crippen LogP contribution in [0.25, 0.3) is 10.2 Å². The fourth-order valence-corrected chi connectivity index (χ4v) is 6.37. The molecule has 3 heterocycles. The molecule has 156 valence electrons. The topological polar surface area (TPSA) is 77.5 Å². The first-order valence-electron chi connectivity index (χ1n) is 11.0. The van der Waals surface area contributed by atoms with E-state index in [9.17, 15) is 9.90 Å². The van der Waals surface area contributed by atoms with Crippen molar-refractivity contribution in [1.82, 2.24) is 15.6 Å². The van der Waals surface area contributed by atoms with Crippen molar-refractivity contribution >= 4 is 32.6 Å². The number of carbonyl (C=O) groups is 1. The van der Waals surface area contributed by atoms with Crippen LogP contribution in [0.1, 0.15) is 67.3 Å². The zero-order valence-corrected chi connectivity index (χ0v) is 17.8. The highest BCUT2D eigenvalue weighted by Crippen LogP contribution is 2.40. The molecule has 1 aromatic carbocycles. The minimum atomic E-state index is -0.0496. The van der Waals surface area contributed by atoms with E-state index in [-0.39, 0.29) is 18.4 Å². The van der Waals surface area contributed by atoms with Crippen molar-refractivity contribution < 1.29 is 9.90 Å². The SMILES string of the molecule is CC(CO)c1cc(C(=O)NC2CCCC2)cc2sc(N3C4CCC3CNC4)nc12. The molecule has 5 rings (SSSR count). The van der Waals surface area contributed by atoms with Crippen LogP contribution in [0.15, 0.2) is 12.1 Å². The van der Waals surface area contributed by atoms with Crippen LogP contribution < -0.4 is 15.5 Å². The predicted molar refractivity (Wildman–Crippen MR) is 117 cm³/mol. The minimum Gasteiger partial charge on any atom is -0.396 e. The molecule has 3 N–H and O–H groups in total. The number of hydrogen-bond donors (Lipinski definition) is 3. The lowest BCUT2D eigenvalue weighted by atomic mass is 9.98. The van der Waals surface area contributed by atoms with Crippen LogP contribution in [0.5, 0.6) is 0 Å². The third-order valence-electron chi connectivity index (χ3n) is 6.87. The summed E-state index contributed by atoms with van der Waals surface area (Å²) in [5, 5.41) is 17.6. The predicted octanol–water partition coefficient (Wildman–Crippen LogP) is 3.01.